The van der Waals surface area contributed by atoms with Gasteiger partial charge in [0, 0.05) is 0 Å². The van der Waals surface area contributed by atoms with Crippen molar-refractivity contribution in [2.24, 2.45) is 5.92 Å². The van der Waals surface area contributed by atoms with Crippen LogP contribution in [-0.2, 0) is 4.79 Å². The average Bonchev–Trinajstić information content (AvgIpc) is 2.04. The van der Waals surface area contributed by atoms with Gasteiger partial charge >= 0.3 is 0 Å². The molecule has 0 bridgehead atoms. The van der Waals surface area contributed by atoms with E-state index in [1.807, 2.05) is 0 Å². The van der Waals surface area contributed by atoms with Crippen molar-refractivity contribution in [3.8, 4) is 0 Å². The highest BCUT2D eigenvalue weighted by atomic mass is 16.1. The Balaban J connectivity index is 2.60. The van der Waals surface area contributed by atoms with E-state index in [1.165, 1.54) is 24.0 Å². The van der Waals surface area contributed by atoms with Crippen molar-refractivity contribution < 1.29 is 4.79 Å². The van der Waals surface area contributed by atoms with Gasteiger partial charge in [-0.05, 0) is 52.0 Å². The normalized spacial score (nSPS) is 24.1. The molecule has 0 heterocycles. The van der Waals surface area contributed by atoms with Crippen LogP contribution in [0.15, 0.2) is 23.3 Å². The van der Waals surface area contributed by atoms with Gasteiger partial charge in [-0.2, -0.15) is 0 Å². The number of carbonyl (C=O) groups excluding carboxylic acids is 1. The molecule has 0 amide bonds. The first kappa shape index (κ1) is 10.2. The maximum atomic E-state index is 10.9. The summed E-state index contributed by atoms with van der Waals surface area (Å²) in [5.74, 6) is 0.774. The number of allylic oxidation sites excluding steroid dienone is 4. The summed E-state index contributed by atoms with van der Waals surface area (Å²) in [6, 6.07) is 0. The molecule has 0 N–H and O–H groups in total. The molecule has 0 spiro atoms. The van der Waals surface area contributed by atoms with Gasteiger partial charge in [0.15, 0.2) is 5.78 Å². The summed E-state index contributed by atoms with van der Waals surface area (Å²) in [5, 5.41) is 0. The van der Waals surface area contributed by atoms with Crippen molar-refractivity contribution in [1.82, 2.24) is 0 Å². The summed E-state index contributed by atoms with van der Waals surface area (Å²) >= 11 is 0. The molecule has 1 rings (SSSR count). The molecule has 0 aromatic rings. The fraction of sp³-hybridized carbons (Fsp3) is 0.583. The number of carbonyl (C=O) groups is 1. The molecule has 0 aromatic heterocycles. The maximum absolute atomic E-state index is 10.9. The van der Waals surface area contributed by atoms with Crippen molar-refractivity contribution in [2.75, 3.05) is 0 Å². The van der Waals surface area contributed by atoms with E-state index >= 15 is 0 Å². The predicted octanol–water partition coefficient (Wildman–Crippen LogP) is 3.27. The summed E-state index contributed by atoms with van der Waals surface area (Å²) < 4.78 is 0. The van der Waals surface area contributed by atoms with E-state index in [9.17, 15) is 4.79 Å². The SMILES string of the molecule is CC(=O)/C=C(/C)C1CC=C(C)CC1. The Morgan fingerprint density at radius 1 is 1.54 bits per heavy atom. The summed E-state index contributed by atoms with van der Waals surface area (Å²) in [6.07, 6.45) is 7.58. The van der Waals surface area contributed by atoms with Gasteiger partial charge in [0.1, 0.15) is 0 Å². The lowest BCUT2D eigenvalue weighted by molar-refractivity contribution is -0.112. The van der Waals surface area contributed by atoms with Gasteiger partial charge in [-0.25, -0.2) is 0 Å². The van der Waals surface area contributed by atoms with Crippen LogP contribution in [0.25, 0.3) is 0 Å². The average molecular weight is 178 g/mol. The lowest BCUT2D eigenvalue weighted by Crippen LogP contribution is -2.07. The Morgan fingerprint density at radius 2 is 2.23 bits per heavy atom. The van der Waals surface area contributed by atoms with Crippen molar-refractivity contribution in [3.63, 3.8) is 0 Å². The zero-order valence-electron chi connectivity index (χ0n) is 8.76. The van der Waals surface area contributed by atoms with Gasteiger partial charge in [-0.15, -0.1) is 0 Å². The molecule has 0 saturated heterocycles. The molecule has 13 heavy (non-hydrogen) atoms. The lowest BCUT2D eigenvalue weighted by Gasteiger charge is -2.20. The second-order valence-corrected chi connectivity index (χ2v) is 4.02. The van der Waals surface area contributed by atoms with E-state index in [-0.39, 0.29) is 5.78 Å². The molecule has 72 valence electrons. The Morgan fingerprint density at radius 3 is 2.69 bits per heavy atom. The fourth-order valence-electron chi connectivity index (χ4n) is 1.82. The van der Waals surface area contributed by atoms with Crippen molar-refractivity contribution >= 4 is 5.78 Å². The van der Waals surface area contributed by atoms with Crippen molar-refractivity contribution in [2.45, 2.75) is 40.0 Å². The zero-order chi connectivity index (χ0) is 9.84. The minimum Gasteiger partial charge on any atom is -0.295 e. The quantitative estimate of drug-likeness (QED) is 0.468. The molecule has 1 nitrogen and oxygen atoms in total. The summed E-state index contributed by atoms with van der Waals surface area (Å²) in [7, 11) is 0. The van der Waals surface area contributed by atoms with Crippen LogP contribution < -0.4 is 0 Å². The molecule has 0 radical (unpaired) electrons. The van der Waals surface area contributed by atoms with Crippen LogP contribution in [0.4, 0.5) is 0 Å². The van der Waals surface area contributed by atoms with Crippen LogP contribution in [-0.4, -0.2) is 5.78 Å². The second-order valence-electron chi connectivity index (χ2n) is 4.02. The van der Waals surface area contributed by atoms with Crippen LogP contribution in [0.3, 0.4) is 0 Å². The van der Waals surface area contributed by atoms with Gasteiger partial charge in [0.05, 0.1) is 0 Å². The van der Waals surface area contributed by atoms with Gasteiger partial charge in [-0.1, -0.05) is 17.2 Å². The standard InChI is InChI=1S/C12H18O/c1-9-4-6-12(7-5-9)10(2)8-11(3)13/h4,8,12H,5-7H2,1-3H3/b10-8-. The van der Waals surface area contributed by atoms with Gasteiger partial charge < -0.3 is 0 Å². The van der Waals surface area contributed by atoms with E-state index < -0.39 is 0 Å². The minimum atomic E-state index is 0.170. The largest absolute Gasteiger partial charge is 0.295 e. The molecule has 0 aromatic carbocycles. The second kappa shape index (κ2) is 4.40. The first-order valence-corrected chi connectivity index (χ1v) is 4.94. The predicted molar refractivity (Wildman–Crippen MR) is 55.5 cm³/mol. The summed E-state index contributed by atoms with van der Waals surface area (Å²) in [5.41, 5.74) is 2.74. The highest BCUT2D eigenvalue weighted by Gasteiger charge is 2.13. The Kier molecular flexibility index (Phi) is 3.47. The molecule has 1 aliphatic rings. The molecule has 0 saturated carbocycles. The van der Waals surface area contributed by atoms with E-state index in [2.05, 4.69) is 19.9 Å². The van der Waals surface area contributed by atoms with Crippen molar-refractivity contribution in [3.05, 3.63) is 23.3 Å². The number of ketones is 1. The minimum absolute atomic E-state index is 0.170. The smallest absolute Gasteiger partial charge is 0.152 e. The summed E-state index contributed by atoms with van der Waals surface area (Å²) in [4.78, 5) is 10.9. The van der Waals surface area contributed by atoms with Crippen LogP contribution in [0.1, 0.15) is 40.0 Å². The molecule has 1 aliphatic carbocycles. The Labute approximate surface area is 80.5 Å². The van der Waals surface area contributed by atoms with Crippen LogP contribution in [0.2, 0.25) is 0 Å². The van der Waals surface area contributed by atoms with Gasteiger partial charge in [0.2, 0.25) is 0 Å². The van der Waals surface area contributed by atoms with Crippen LogP contribution in [0.5, 0.6) is 0 Å². The summed E-state index contributed by atoms with van der Waals surface area (Å²) in [6.45, 7) is 5.87. The Bertz CT molecular complexity index is 258. The molecular weight excluding hydrogens is 160 g/mol. The zero-order valence-corrected chi connectivity index (χ0v) is 8.76. The first-order chi connectivity index (χ1) is 6.09. The van der Waals surface area contributed by atoms with Gasteiger partial charge in [0.25, 0.3) is 0 Å². The Hall–Kier alpha value is -0.850. The highest BCUT2D eigenvalue weighted by molar-refractivity contribution is 5.87. The molecule has 0 fully saturated rings. The monoisotopic (exact) mass is 178 g/mol. The molecule has 1 atom stereocenters. The fourth-order valence-corrected chi connectivity index (χ4v) is 1.82. The topological polar surface area (TPSA) is 17.1 Å². The maximum Gasteiger partial charge on any atom is 0.152 e. The first-order valence-electron chi connectivity index (χ1n) is 4.94. The molecule has 1 heteroatoms. The van der Waals surface area contributed by atoms with Gasteiger partial charge in [-0.3, -0.25) is 4.79 Å². The number of rotatable bonds is 2. The molecule has 1 unspecified atom stereocenters. The van der Waals surface area contributed by atoms with E-state index in [4.69, 9.17) is 0 Å². The van der Waals surface area contributed by atoms with Crippen LogP contribution >= 0.6 is 0 Å². The van der Waals surface area contributed by atoms with Crippen molar-refractivity contribution in [1.29, 1.82) is 0 Å². The lowest BCUT2D eigenvalue weighted by atomic mass is 9.85. The third-order valence-corrected chi connectivity index (χ3v) is 2.71. The third-order valence-electron chi connectivity index (χ3n) is 2.71. The van der Waals surface area contributed by atoms with Crippen LogP contribution in [0, 0.1) is 5.92 Å². The van der Waals surface area contributed by atoms with E-state index in [0.29, 0.717) is 5.92 Å². The molecular formula is C12H18O. The van der Waals surface area contributed by atoms with E-state index in [1.54, 1.807) is 13.0 Å². The number of hydrogen-bond acceptors (Lipinski definition) is 1. The number of hydrogen-bond donors (Lipinski definition) is 0. The highest BCUT2D eigenvalue weighted by Crippen LogP contribution is 2.28. The molecule has 0 aliphatic heterocycles. The van der Waals surface area contributed by atoms with E-state index in [0.717, 1.165) is 6.42 Å². The third kappa shape index (κ3) is 3.17.